The van der Waals surface area contributed by atoms with Gasteiger partial charge < -0.3 is 44.8 Å². The predicted molar refractivity (Wildman–Crippen MR) is 65.8 cm³/mol. The Bertz CT molecular complexity index is 354. The van der Waals surface area contributed by atoms with E-state index >= 15 is 0 Å². The number of rotatable bonds is 2. The zero-order valence-corrected chi connectivity index (χ0v) is 11.7. The average molecular weight is 310 g/mol. The van der Waals surface area contributed by atoms with E-state index in [9.17, 15) is 30.6 Å². The van der Waals surface area contributed by atoms with Crippen molar-refractivity contribution >= 4 is 0 Å². The van der Waals surface area contributed by atoms with Crippen LogP contribution in [-0.4, -0.2) is 92.1 Å². The van der Waals surface area contributed by atoms with E-state index in [1.54, 1.807) is 0 Å². The van der Waals surface area contributed by atoms with E-state index < -0.39 is 61.4 Å². The first kappa shape index (κ1) is 17.0. The molecule has 2 aliphatic rings. The predicted octanol–water partition coefficient (Wildman–Crippen LogP) is -3.34. The van der Waals surface area contributed by atoms with Crippen LogP contribution >= 0.6 is 0 Å². The smallest absolute Gasteiger partial charge is 0.187 e. The second-order valence-electron chi connectivity index (χ2n) is 5.50. The first-order chi connectivity index (χ1) is 9.73. The second-order valence-corrected chi connectivity index (χ2v) is 5.50. The molecule has 21 heavy (non-hydrogen) atoms. The van der Waals surface area contributed by atoms with Crippen molar-refractivity contribution in [2.24, 2.45) is 0 Å². The summed E-state index contributed by atoms with van der Waals surface area (Å²) in [6, 6.07) is 0. The molecule has 2 saturated heterocycles. The maximum absolute atomic E-state index is 9.91. The Labute approximate surface area is 121 Å². The molecule has 0 aromatic rings. The fourth-order valence-corrected chi connectivity index (χ4v) is 2.49. The van der Waals surface area contributed by atoms with Gasteiger partial charge in [-0.05, 0) is 13.8 Å². The highest BCUT2D eigenvalue weighted by Crippen LogP contribution is 2.28. The summed E-state index contributed by atoms with van der Waals surface area (Å²) in [5, 5.41) is 58.0. The van der Waals surface area contributed by atoms with Crippen LogP contribution in [0.2, 0.25) is 0 Å². The third-order valence-electron chi connectivity index (χ3n) is 3.90. The first-order valence-electron chi connectivity index (χ1n) is 6.78. The molecule has 0 spiro atoms. The second kappa shape index (κ2) is 6.41. The van der Waals surface area contributed by atoms with Gasteiger partial charge in [-0.2, -0.15) is 0 Å². The van der Waals surface area contributed by atoms with Crippen molar-refractivity contribution in [2.45, 2.75) is 75.3 Å². The Kier molecular flexibility index (Phi) is 5.19. The van der Waals surface area contributed by atoms with Crippen molar-refractivity contribution in [2.75, 3.05) is 0 Å². The van der Waals surface area contributed by atoms with Gasteiger partial charge in [-0.15, -0.1) is 0 Å². The third kappa shape index (κ3) is 3.21. The molecule has 0 aromatic heterocycles. The van der Waals surface area contributed by atoms with Crippen LogP contribution in [-0.2, 0) is 14.2 Å². The van der Waals surface area contributed by atoms with Crippen molar-refractivity contribution < 1.29 is 44.8 Å². The van der Waals surface area contributed by atoms with Gasteiger partial charge in [-0.25, -0.2) is 0 Å². The summed E-state index contributed by atoms with van der Waals surface area (Å²) >= 11 is 0. The highest BCUT2D eigenvalue weighted by Gasteiger charge is 2.48. The summed E-state index contributed by atoms with van der Waals surface area (Å²) in [6.45, 7) is 3.00. The van der Waals surface area contributed by atoms with Gasteiger partial charge in [0.15, 0.2) is 12.6 Å². The molecule has 0 amide bonds. The van der Waals surface area contributed by atoms with Gasteiger partial charge in [-0.3, -0.25) is 0 Å². The van der Waals surface area contributed by atoms with Crippen molar-refractivity contribution in [3.8, 4) is 0 Å². The molecule has 2 rings (SSSR count). The van der Waals surface area contributed by atoms with Crippen LogP contribution in [0, 0.1) is 0 Å². The van der Waals surface area contributed by atoms with Gasteiger partial charge in [0.05, 0.1) is 12.2 Å². The highest BCUT2D eigenvalue weighted by molar-refractivity contribution is 4.91. The van der Waals surface area contributed by atoms with Gasteiger partial charge in [0, 0.05) is 0 Å². The fourth-order valence-electron chi connectivity index (χ4n) is 2.49. The molecule has 2 fully saturated rings. The zero-order valence-electron chi connectivity index (χ0n) is 11.7. The summed E-state index contributed by atoms with van der Waals surface area (Å²) in [5.41, 5.74) is 0. The molecule has 2 heterocycles. The summed E-state index contributed by atoms with van der Waals surface area (Å²) in [6.07, 6.45) is -12.8. The van der Waals surface area contributed by atoms with E-state index in [2.05, 4.69) is 0 Å². The minimum absolute atomic E-state index is 0.784. The molecule has 0 unspecified atom stereocenters. The molecular formula is C12H22O9. The molecule has 124 valence electrons. The van der Waals surface area contributed by atoms with Crippen LogP contribution in [0.5, 0.6) is 0 Å². The van der Waals surface area contributed by atoms with Crippen LogP contribution in [0.1, 0.15) is 13.8 Å². The van der Waals surface area contributed by atoms with Crippen LogP contribution in [0.4, 0.5) is 0 Å². The Hall–Kier alpha value is -0.360. The molecule has 0 bridgehead atoms. The third-order valence-corrected chi connectivity index (χ3v) is 3.90. The van der Waals surface area contributed by atoms with Crippen LogP contribution < -0.4 is 0 Å². The monoisotopic (exact) mass is 310 g/mol. The van der Waals surface area contributed by atoms with Crippen molar-refractivity contribution in [3.63, 3.8) is 0 Å². The summed E-state index contributed by atoms with van der Waals surface area (Å²) in [4.78, 5) is 0. The lowest BCUT2D eigenvalue weighted by Gasteiger charge is -2.44. The number of hydrogen-bond acceptors (Lipinski definition) is 9. The van der Waals surface area contributed by atoms with Gasteiger partial charge in [0.2, 0.25) is 0 Å². The average Bonchev–Trinajstić information content (AvgIpc) is 2.44. The lowest BCUT2D eigenvalue weighted by Crippen LogP contribution is -2.62. The van der Waals surface area contributed by atoms with E-state index in [1.165, 1.54) is 13.8 Å². The Morgan fingerprint density at radius 2 is 1.29 bits per heavy atom. The van der Waals surface area contributed by atoms with E-state index in [4.69, 9.17) is 14.2 Å². The molecule has 2 aliphatic heterocycles. The molecule has 10 atom stereocenters. The summed E-state index contributed by atoms with van der Waals surface area (Å²) < 4.78 is 15.6. The molecular weight excluding hydrogens is 288 g/mol. The highest BCUT2D eigenvalue weighted by atomic mass is 16.7. The summed E-state index contributed by atoms with van der Waals surface area (Å²) in [5.74, 6) is 0. The van der Waals surface area contributed by atoms with E-state index in [0.717, 1.165) is 0 Å². The van der Waals surface area contributed by atoms with Crippen molar-refractivity contribution in [1.82, 2.24) is 0 Å². The minimum atomic E-state index is -1.57. The van der Waals surface area contributed by atoms with Gasteiger partial charge >= 0.3 is 0 Å². The Morgan fingerprint density at radius 1 is 0.667 bits per heavy atom. The molecule has 6 N–H and O–H groups in total. The van der Waals surface area contributed by atoms with Crippen molar-refractivity contribution in [3.05, 3.63) is 0 Å². The molecule has 0 saturated carbocycles. The Morgan fingerprint density at radius 3 is 1.90 bits per heavy atom. The van der Waals surface area contributed by atoms with Gasteiger partial charge in [-0.1, -0.05) is 0 Å². The SMILES string of the molecule is C[C@@H]1O[C@H](O[C@H]2[C@@H](O)[C@H](O)[C@H](O)O[C@H]2C)[C@@H](O)[C@H](O)[C@@H]1O. The van der Waals surface area contributed by atoms with E-state index in [-0.39, 0.29) is 0 Å². The lowest BCUT2D eigenvalue weighted by atomic mass is 9.98. The lowest BCUT2D eigenvalue weighted by molar-refractivity contribution is -0.348. The normalized spacial score (nSPS) is 55.4. The molecule has 0 radical (unpaired) electrons. The topological polar surface area (TPSA) is 149 Å². The van der Waals surface area contributed by atoms with Crippen LogP contribution in [0.15, 0.2) is 0 Å². The molecule has 0 aromatic carbocycles. The number of aliphatic hydroxyl groups is 6. The fraction of sp³-hybridized carbons (Fsp3) is 1.00. The minimum Gasteiger partial charge on any atom is -0.388 e. The molecule has 9 nitrogen and oxygen atoms in total. The van der Waals surface area contributed by atoms with E-state index in [0.29, 0.717) is 0 Å². The zero-order chi connectivity index (χ0) is 15.9. The van der Waals surface area contributed by atoms with Gasteiger partial charge in [0.25, 0.3) is 0 Å². The number of ether oxygens (including phenoxy) is 3. The van der Waals surface area contributed by atoms with Crippen molar-refractivity contribution in [1.29, 1.82) is 0 Å². The quantitative estimate of drug-likeness (QED) is 0.308. The standard InChI is InChI=1S/C12H22O9/c1-3-5(13)6(14)9(17)12(20-3)21-10-4(2)19-11(18)8(16)7(10)15/h3-18H,1-2H3/t3-,4-,5+,6+,7-,8-,9-,10+,11+,12+/m0/s1. The maximum atomic E-state index is 9.91. The first-order valence-corrected chi connectivity index (χ1v) is 6.78. The maximum Gasteiger partial charge on any atom is 0.187 e. The largest absolute Gasteiger partial charge is 0.388 e. The van der Waals surface area contributed by atoms with Gasteiger partial charge in [0.1, 0.15) is 36.6 Å². The molecule has 0 aliphatic carbocycles. The molecule has 9 heteroatoms. The van der Waals surface area contributed by atoms with E-state index in [1.807, 2.05) is 0 Å². The number of hydrogen-bond donors (Lipinski definition) is 6. The number of aliphatic hydroxyl groups excluding tert-OH is 6. The Balaban J connectivity index is 2.06. The van der Waals surface area contributed by atoms with Crippen LogP contribution in [0.25, 0.3) is 0 Å². The summed E-state index contributed by atoms with van der Waals surface area (Å²) in [7, 11) is 0. The van der Waals surface area contributed by atoms with Crippen LogP contribution in [0.3, 0.4) is 0 Å².